The van der Waals surface area contributed by atoms with Crippen LogP contribution >= 0.6 is 0 Å². The van der Waals surface area contributed by atoms with Gasteiger partial charge in [0.1, 0.15) is 5.92 Å². The van der Waals surface area contributed by atoms with Crippen LogP contribution < -0.4 is 20.1 Å². The summed E-state index contributed by atoms with van der Waals surface area (Å²) in [6.45, 7) is 1.69. The van der Waals surface area contributed by atoms with Gasteiger partial charge < -0.3 is 25.2 Å². The topological polar surface area (TPSA) is 96.9 Å². The van der Waals surface area contributed by atoms with Gasteiger partial charge in [0, 0.05) is 5.56 Å². The van der Waals surface area contributed by atoms with Crippen LogP contribution in [0.15, 0.2) is 42.5 Å². The van der Waals surface area contributed by atoms with Crippen molar-refractivity contribution < 1.29 is 37.3 Å². The molecule has 10 heteroatoms. The van der Waals surface area contributed by atoms with E-state index >= 15 is 0 Å². The minimum absolute atomic E-state index is 0.0451. The van der Waals surface area contributed by atoms with Crippen molar-refractivity contribution in [1.82, 2.24) is 10.6 Å². The van der Waals surface area contributed by atoms with Crippen LogP contribution in [0.5, 0.6) is 11.5 Å². The Morgan fingerprint density at radius 1 is 1.13 bits per heavy atom. The summed E-state index contributed by atoms with van der Waals surface area (Å²) >= 11 is 0. The average Bonchev–Trinajstić information content (AvgIpc) is 3.14. The molecule has 7 nitrogen and oxygen atoms in total. The molecular formula is C20H17F3N2O5. The number of alkyl halides is 3. The monoisotopic (exact) mass is 422 g/mol. The van der Waals surface area contributed by atoms with Crippen LogP contribution in [0.1, 0.15) is 22.7 Å². The molecule has 0 radical (unpaired) electrons. The molecule has 158 valence electrons. The van der Waals surface area contributed by atoms with Crippen LogP contribution in [0, 0.1) is 12.8 Å². The van der Waals surface area contributed by atoms with Crippen molar-refractivity contribution in [3.63, 3.8) is 0 Å². The van der Waals surface area contributed by atoms with Crippen molar-refractivity contribution in [3.05, 3.63) is 59.2 Å². The normalized spacial score (nSPS) is 25.4. The number of hydrogen-bond acceptors (Lipinski definition) is 5. The highest BCUT2D eigenvalue weighted by Crippen LogP contribution is 2.44. The summed E-state index contributed by atoms with van der Waals surface area (Å²) in [6, 6.07) is 7.72. The molecule has 0 bridgehead atoms. The van der Waals surface area contributed by atoms with Gasteiger partial charge in [-0.05, 0) is 24.6 Å². The minimum Gasteiger partial charge on any atom is -0.454 e. The second-order valence-electron chi connectivity index (χ2n) is 7.16. The highest BCUT2D eigenvalue weighted by Gasteiger charge is 2.59. The first kappa shape index (κ1) is 20.0. The van der Waals surface area contributed by atoms with Gasteiger partial charge in [-0.2, -0.15) is 13.2 Å². The number of halogens is 3. The number of ketones is 1. The molecule has 0 unspecified atom stereocenters. The number of nitrogens with one attached hydrogen (secondary N) is 2. The van der Waals surface area contributed by atoms with Gasteiger partial charge in [0.05, 0.1) is 6.04 Å². The first-order chi connectivity index (χ1) is 14.1. The molecule has 0 saturated carbocycles. The Morgan fingerprint density at radius 3 is 2.47 bits per heavy atom. The SMILES string of the molecule is Cc1ccc([C@]2(O)NC(=O)N[C@@H](c3ccc4c(c3)OCO4)[C@H]2C(=O)C(F)(F)F)cc1. The molecule has 0 spiro atoms. The van der Waals surface area contributed by atoms with Crippen molar-refractivity contribution >= 4 is 11.8 Å². The van der Waals surface area contributed by atoms with E-state index in [1.807, 2.05) is 0 Å². The summed E-state index contributed by atoms with van der Waals surface area (Å²) in [4.78, 5) is 24.8. The number of Topliss-reactive ketones (excluding diaryl/α,β-unsaturated/α-hetero) is 1. The summed E-state index contributed by atoms with van der Waals surface area (Å²) in [6.07, 6.45) is -5.25. The van der Waals surface area contributed by atoms with E-state index in [4.69, 9.17) is 9.47 Å². The van der Waals surface area contributed by atoms with Crippen LogP contribution in [0.3, 0.4) is 0 Å². The lowest BCUT2D eigenvalue weighted by molar-refractivity contribution is -0.190. The molecule has 2 aromatic carbocycles. The maximum absolute atomic E-state index is 13.5. The van der Waals surface area contributed by atoms with Crippen LogP contribution in [-0.4, -0.2) is 29.9 Å². The number of hydrogen-bond donors (Lipinski definition) is 3. The van der Waals surface area contributed by atoms with Gasteiger partial charge in [-0.1, -0.05) is 35.9 Å². The zero-order chi connectivity index (χ0) is 21.7. The summed E-state index contributed by atoms with van der Waals surface area (Å²) < 4.78 is 51.0. The van der Waals surface area contributed by atoms with Gasteiger partial charge in [0.25, 0.3) is 0 Å². The maximum atomic E-state index is 13.5. The minimum atomic E-state index is -5.25. The molecule has 2 aliphatic heterocycles. The van der Waals surface area contributed by atoms with Gasteiger partial charge in [-0.25, -0.2) is 4.79 Å². The number of rotatable bonds is 3. The highest BCUT2D eigenvalue weighted by atomic mass is 19.4. The van der Waals surface area contributed by atoms with E-state index in [0.29, 0.717) is 5.75 Å². The van der Waals surface area contributed by atoms with Crippen LogP contribution in [0.2, 0.25) is 0 Å². The predicted molar refractivity (Wildman–Crippen MR) is 96.6 cm³/mol. The Morgan fingerprint density at radius 2 is 1.80 bits per heavy atom. The number of aryl methyl sites for hydroxylation is 1. The number of carbonyl (C=O) groups is 2. The molecule has 3 atom stereocenters. The Bertz CT molecular complexity index is 1010. The summed E-state index contributed by atoms with van der Waals surface area (Å²) in [5.74, 6) is -3.64. The fourth-order valence-corrected chi connectivity index (χ4v) is 3.71. The lowest BCUT2D eigenvalue weighted by Gasteiger charge is -2.45. The number of fused-ring (bicyclic) bond motifs is 1. The average molecular weight is 422 g/mol. The summed E-state index contributed by atoms with van der Waals surface area (Å²) in [5.41, 5.74) is -1.70. The first-order valence-electron chi connectivity index (χ1n) is 8.98. The quantitative estimate of drug-likeness (QED) is 0.707. The molecule has 1 fully saturated rings. The largest absolute Gasteiger partial charge is 0.454 e. The number of aliphatic hydroxyl groups is 1. The molecular weight excluding hydrogens is 405 g/mol. The van der Waals surface area contributed by atoms with E-state index in [0.717, 1.165) is 5.56 Å². The van der Waals surface area contributed by atoms with Crippen molar-refractivity contribution in [2.45, 2.75) is 24.9 Å². The Hall–Kier alpha value is -3.27. The number of urea groups is 1. The second-order valence-corrected chi connectivity index (χ2v) is 7.16. The smallest absolute Gasteiger partial charge is 0.450 e. The number of benzene rings is 2. The van der Waals surface area contributed by atoms with E-state index in [2.05, 4.69) is 10.6 Å². The van der Waals surface area contributed by atoms with Gasteiger partial charge in [-0.3, -0.25) is 4.79 Å². The fraction of sp³-hybridized carbons (Fsp3) is 0.300. The molecule has 30 heavy (non-hydrogen) atoms. The van der Waals surface area contributed by atoms with Crippen molar-refractivity contribution in [2.75, 3.05) is 6.79 Å². The third-order valence-corrected chi connectivity index (χ3v) is 5.18. The molecule has 0 aromatic heterocycles. The molecule has 2 aliphatic rings. The standard InChI is InChI=1S/C20H17F3N2O5/c1-10-2-5-12(6-3-10)19(28)15(17(26)20(21,22)23)16(24-18(27)25-19)11-4-7-13-14(8-11)30-9-29-13/h2-8,15-16,28H,9H2,1H3,(H2,24,25,27)/t15-,16-,19+/m0/s1. The number of amides is 2. The van der Waals surface area contributed by atoms with Gasteiger partial charge in [0.15, 0.2) is 17.2 Å². The molecule has 1 saturated heterocycles. The maximum Gasteiger partial charge on any atom is 0.450 e. The molecule has 2 aromatic rings. The van der Waals surface area contributed by atoms with E-state index in [1.54, 1.807) is 19.1 Å². The fourth-order valence-electron chi connectivity index (χ4n) is 3.71. The van der Waals surface area contributed by atoms with Gasteiger partial charge >= 0.3 is 12.2 Å². The van der Waals surface area contributed by atoms with Crippen molar-refractivity contribution in [3.8, 4) is 11.5 Å². The van der Waals surface area contributed by atoms with E-state index < -0.39 is 35.7 Å². The molecule has 4 rings (SSSR count). The van der Waals surface area contributed by atoms with Gasteiger partial charge in [-0.15, -0.1) is 0 Å². The summed E-state index contributed by atoms with van der Waals surface area (Å²) in [7, 11) is 0. The van der Waals surface area contributed by atoms with E-state index in [1.165, 1.54) is 30.3 Å². The van der Waals surface area contributed by atoms with Crippen LogP contribution in [0.4, 0.5) is 18.0 Å². The van der Waals surface area contributed by atoms with Crippen LogP contribution in [0.25, 0.3) is 0 Å². The van der Waals surface area contributed by atoms with Crippen LogP contribution in [-0.2, 0) is 10.5 Å². The number of ether oxygens (including phenoxy) is 2. The lowest BCUT2D eigenvalue weighted by atomic mass is 9.76. The zero-order valence-corrected chi connectivity index (χ0v) is 15.6. The molecule has 3 N–H and O–H groups in total. The molecule has 2 amide bonds. The van der Waals surface area contributed by atoms with E-state index in [9.17, 15) is 27.9 Å². The lowest BCUT2D eigenvalue weighted by Crippen LogP contribution is -2.66. The molecule has 0 aliphatic carbocycles. The molecule has 2 heterocycles. The second kappa shape index (κ2) is 6.91. The van der Waals surface area contributed by atoms with Crippen molar-refractivity contribution in [1.29, 1.82) is 0 Å². The summed E-state index contributed by atoms with van der Waals surface area (Å²) in [5, 5.41) is 15.7. The third kappa shape index (κ3) is 3.32. The van der Waals surface area contributed by atoms with Crippen molar-refractivity contribution in [2.24, 2.45) is 5.92 Å². The Balaban J connectivity index is 1.86. The first-order valence-corrected chi connectivity index (χ1v) is 8.98. The Labute approximate surface area is 168 Å². The Kier molecular flexibility index (Phi) is 4.61. The predicted octanol–water partition coefficient (Wildman–Crippen LogP) is 2.67. The third-order valence-electron chi connectivity index (χ3n) is 5.18. The number of carbonyl (C=O) groups excluding carboxylic acids is 2. The zero-order valence-electron chi connectivity index (χ0n) is 15.6. The van der Waals surface area contributed by atoms with Gasteiger partial charge in [0.2, 0.25) is 12.6 Å². The highest BCUT2D eigenvalue weighted by molar-refractivity contribution is 5.91. The van der Waals surface area contributed by atoms with E-state index in [-0.39, 0.29) is 23.7 Å².